The summed E-state index contributed by atoms with van der Waals surface area (Å²) in [5, 5.41) is 0. The van der Waals surface area contributed by atoms with E-state index in [1.807, 2.05) is 0 Å². The second kappa shape index (κ2) is 8.70. The van der Waals surface area contributed by atoms with Crippen molar-refractivity contribution in [3.8, 4) is 0 Å². The van der Waals surface area contributed by atoms with Crippen LogP contribution in [0, 0.1) is 0 Å². The predicted octanol–water partition coefficient (Wildman–Crippen LogP) is 3.10. The largest absolute Gasteiger partial charge is 0.416 e. The molecule has 1 saturated heterocycles. The number of benzene rings is 2. The summed E-state index contributed by atoms with van der Waals surface area (Å²) in [5.74, 6) is -1.15. The molecule has 0 unspecified atom stereocenters. The average molecular weight is 454 g/mol. The van der Waals surface area contributed by atoms with Gasteiger partial charge in [-0.05, 0) is 30.3 Å². The van der Waals surface area contributed by atoms with Crippen LogP contribution in [0.2, 0.25) is 0 Å². The molecular formula is C21H21F3N2O4S. The first kappa shape index (κ1) is 22.8. The molecule has 1 aliphatic rings. The van der Waals surface area contributed by atoms with Gasteiger partial charge in [0.1, 0.15) is 0 Å². The Labute approximate surface area is 178 Å². The fraction of sp³-hybridized carbons (Fsp3) is 0.333. The number of carbonyl (C=O) groups is 2. The van der Waals surface area contributed by atoms with E-state index in [9.17, 15) is 31.2 Å². The first-order chi connectivity index (χ1) is 14.5. The van der Waals surface area contributed by atoms with Gasteiger partial charge in [-0.15, -0.1) is 0 Å². The van der Waals surface area contributed by atoms with Crippen LogP contribution < -0.4 is 0 Å². The minimum Gasteiger partial charge on any atom is -0.335 e. The van der Waals surface area contributed by atoms with Gasteiger partial charge in [-0.3, -0.25) is 9.59 Å². The maximum absolute atomic E-state index is 12.9. The van der Waals surface area contributed by atoms with Gasteiger partial charge in [-0.1, -0.05) is 25.1 Å². The van der Waals surface area contributed by atoms with Crippen molar-refractivity contribution in [3.05, 3.63) is 65.2 Å². The lowest BCUT2D eigenvalue weighted by atomic mass is 10.1. The topological polar surface area (TPSA) is 74.8 Å². The van der Waals surface area contributed by atoms with Gasteiger partial charge >= 0.3 is 6.18 Å². The molecule has 6 nitrogen and oxygen atoms in total. The Kier molecular flexibility index (Phi) is 6.40. The van der Waals surface area contributed by atoms with Crippen molar-refractivity contribution in [3.63, 3.8) is 0 Å². The van der Waals surface area contributed by atoms with E-state index in [4.69, 9.17) is 0 Å². The van der Waals surface area contributed by atoms with E-state index in [0.717, 1.165) is 12.1 Å². The van der Waals surface area contributed by atoms with Gasteiger partial charge in [-0.25, -0.2) is 8.42 Å². The van der Waals surface area contributed by atoms with E-state index in [1.54, 1.807) is 12.1 Å². The highest BCUT2D eigenvalue weighted by Crippen LogP contribution is 2.30. The van der Waals surface area contributed by atoms with Crippen LogP contribution in [0.25, 0.3) is 0 Å². The third-order valence-corrected chi connectivity index (χ3v) is 6.91. The molecule has 1 heterocycles. The molecule has 31 heavy (non-hydrogen) atoms. The molecule has 0 N–H and O–H groups in total. The van der Waals surface area contributed by atoms with E-state index in [2.05, 4.69) is 0 Å². The fourth-order valence-corrected chi connectivity index (χ4v) is 4.45. The first-order valence-electron chi connectivity index (χ1n) is 9.62. The molecule has 0 aromatic heterocycles. The molecule has 2 amide bonds. The highest BCUT2D eigenvalue weighted by molar-refractivity contribution is 7.91. The highest BCUT2D eigenvalue weighted by Gasteiger charge is 2.32. The quantitative estimate of drug-likeness (QED) is 0.712. The number of amides is 2. The van der Waals surface area contributed by atoms with Crippen molar-refractivity contribution in [1.82, 2.24) is 9.80 Å². The Morgan fingerprint density at radius 3 is 2.06 bits per heavy atom. The van der Waals surface area contributed by atoms with Crippen LogP contribution in [0.3, 0.4) is 0 Å². The van der Waals surface area contributed by atoms with E-state index in [1.165, 1.54) is 41.0 Å². The summed E-state index contributed by atoms with van der Waals surface area (Å²) in [7, 11) is -3.59. The molecule has 1 fully saturated rings. The molecule has 3 rings (SSSR count). The maximum Gasteiger partial charge on any atom is 0.416 e. The number of halogens is 3. The summed E-state index contributed by atoms with van der Waals surface area (Å²) in [6.07, 6.45) is -4.55. The Morgan fingerprint density at radius 2 is 1.48 bits per heavy atom. The molecule has 166 valence electrons. The van der Waals surface area contributed by atoms with E-state index >= 15 is 0 Å². The molecule has 2 aromatic carbocycles. The van der Waals surface area contributed by atoms with Crippen molar-refractivity contribution in [1.29, 1.82) is 0 Å². The van der Waals surface area contributed by atoms with Crippen LogP contribution in [0.15, 0.2) is 53.4 Å². The summed E-state index contributed by atoms with van der Waals surface area (Å²) < 4.78 is 63.3. The molecule has 0 bridgehead atoms. The third kappa shape index (κ3) is 4.90. The van der Waals surface area contributed by atoms with Gasteiger partial charge in [0, 0.05) is 31.7 Å². The number of hydrogen-bond acceptors (Lipinski definition) is 4. The Balaban J connectivity index is 1.72. The Hall–Kier alpha value is -2.88. The van der Waals surface area contributed by atoms with Gasteiger partial charge in [0.15, 0.2) is 9.84 Å². The van der Waals surface area contributed by atoms with Crippen LogP contribution in [0.4, 0.5) is 13.2 Å². The highest BCUT2D eigenvalue weighted by atomic mass is 32.2. The molecule has 0 saturated carbocycles. The normalized spacial score (nSPS) is 15.1. The lowest BCUT2D eigenvalue weighted by Crippen LogP contribution is -2.50. The number of alkyl halides is 3. The molecule has 1 aliphatic heterocycles. The van der Waals surface area contributed by atoms with Gasteiger partial charge < -0.3 is 9.80 Å². The lowest BCUT2D eigenvalue weighted by Gasteiger charge is -2.35. The van der Waals surface area contributed by atoms with Gasteiger partial charge in [0.05, 0.1) is 21.8 Å². The van der Waals surface area contributed by atoms with Crippen LogP contribution in [-0.4, -0.2) is 62.0 Å². The number of carbonyl (C=O) groups excluding carboxylic acids is 2. The SMILES string of the molecule is CCS(=O)(=O)c1ccccc1C(=O)N1CCN(C(=O)c2cccc(C(F)(F)F)c2)CC1. The molecule has 0 radical (unpaired) electrons. The third-order valence-electron chi connectivity index (χ3n) is 5.12. The van der Waals surface area contributed by atoms with Crippen molar-refractivity contribution in [2.75, 3.05) is 31.9 Å². The molecule has 0 aliphatic carbocycles. The van der Waals surface area contributed by atoms with Crippen molar-refractivity contribution >= 4 is 21.7 Å². The number of hydrogen-bond donors (Lipinski definition) is 0. The van der Waals surface area contributed by atoms with E-state index in [-0.39, 0.29) is 48.0 Å². The van der Waals surface area contributed by atoms with Gasteiger partial charge in [0.25, 0.3) is 11.8 Å². The summed E-state index contributed by atoms with van der Waals surface area (Å²) in [4.78, 5) is 28.3. The van der Waals surface area contributed by atoms with Crippen molar-refractivity contribution in [2.45, 2.75) is 18.0 Å². The van der Waals surface area contributed by atoms with Crippen LogP contribution in [0.1, 0.15) is 33.2 Å². The number of nitrogens with zero attached hydrogens (tertiary/aromatic N) is 2. The van der Waals surface area contributed by atoms with Gasteiger partial charge in [-0.2, -0.15) is 13.2 Å². The van der Waals surface area contributed by atoms with Crippen LogP contribution in [0.5, 0.6) is 0 Å². The monoisotopic (exact) mass is 454 g/mol. The van der Waals surface area contributed by atoms with Crippen molar-refractivity contribution in [2.24, 2.45) is 0 Å². The first-order valence-corrected chi connectivity index (χ1v) is 11.3. The summed E-state index contributed by atoms with van der Waals surface area (Å²) in [6, 6.07) is 10.2. The smallest absolute Gasteiger partial charge is 0.335 e. The van der Waals surface area contributed by atoms with E-state index in [0.29, 0.717) is 0 Å². The molecular weight excluding hydrogens is 433 g/mol. The Morgan fingerprint density at radius 1 is 0.903 bits per heavy atom. The average Bonchev–Trinajstić information content (AvgIpc) is 2.77. The van der Waals surface area contributed by atoms with Crippen LogP contribution >= 0.6 is 0 Å². The second-order valence-corrected chi connectivity index (χ2v) is 9.31. The molecule has 10 heteroatoms. The number of piperazine rings is 1. The number of sulfone groups is 1. The molecule has 2 aromatic rings. The fourth-order valence-electron chi connectivity index (χ4n) is 3.36. The van der Waals surface area contributed by atoms with Crippen molar-refractivity contribution < 1.29 is 31.2 Å². The zero-order chi connectivity index (χ0) is 22.8. The zero-order valence-electron chi connectivity index (χ0n) is 16.7. The van der Waals surface area contributed by atoms with Crippen LogP contribution in [-0.2, 0) is 16.0 Å². The standard InChI is InChI=1S/C21H21F3N2O4S/c1-2-31(29,30)18-9-4-3-8-17(18)20(28)26-12-10-25(11-13-26)19(27)15-6-5-7-16(14-15)21(22,23)24/h3-9,14H,2,10-13H2,1H3. The molecule has 0 atom stereocenters. The minimum atomic E-state index is -4.55. The van der Waals surface area contributed by atoms with Gasteiger partial charge in [0.2, 0.25) is 0 Å². The Bertz CT molecular complexity index is 1090. The van der Waals surface area contributed by atoms with E-state index < -0.39 is 33.4 Å². The lowest BCUT2D eigenvalue weighted by molar-refractivity contribution is -0.137. The predicted molar refractivity (Wildman–Crippen MR) is 107 cm³/mol. The maximum atomic E-state index is 12.9. The minimum absolute atomic E-state index is 0.0371. The number of rotatable bonds is 4. The summed E-state index contributed by atoms with van der Waals surface area (Å²) in [5.41, 5.74) is -0.906. The second-order valence-electron chi connectivity index (χ2n) is 7.06. The molecule has 0 spiro atoms. The summed E-state index contributed by atoms with van der Waals surface area (Å²) >= 11 is 0. The summed E-state index contributed by atoms with van der Waals surface area (Å²) in [6.45, 7) is 2.04. The zero-order valence-corrected chi connectivity index (χ0v) is 17.5.